The molecule has 2 aromatic rings. The second-order valence-corrected chi connectivity index (χ2v) is 6.92. The molecule has 0 aliphatic carbocycles. The standard InChI is InChI=1S/C21H25ClN2O3/c1-14(2)27-20-11-6-5-9-18(20)23-21(26)12-13-24(16(4)25)19-10-7-8-17(22)15(19)3/h5-11,14H,12-13H2,1-4H3,(H,23,26). The third kappa shape index (κ3) is 5.73. The van der Waals surface area contributed by atoms with Crippen molar-refractivity contribution in [1.82, 2.24) is 0 Å². The van der Waals surface area contributed by atoms with Gasteiger partial charge in [-0.25, -0.2) is 0 Å². The lowest BCUT2D eigenvalue weighted by Crippen LogP contribution is -2.32. The van der Waals surface area contributed by atoms with Crippen LogP contribution in [0.4, 0.5) is 11.4 Å². The van der Waals surface area contributed by atoms with Crippen LogP contribution in [0.1, 0.15) is 32.8 Å². The number of halogens is 1. The van der Waals surface area contributed by atoms with Gasteiger partial charge in [0.05, 0.1) is 11.8 Å². The molecule has 0 saturated carbocycles. The number of nitrogens with one attached hydrogen (secondary N) is 1. The van der Waals surface area contributed by atoms with Gasteiger partial charge in [-0.15, -0.1) is 0 Å². The van der Waals surface area contributed by atoms with E-state index in [0.29, 0.717) is 22.1 Å². The Morgan fingerprint density at radius 3 is 2.52 bits per heavy atom. The Hall–Kier alpha value is -2.53. The van der Waals surface area contributed by atoms with Crippen molar-refractivity contribution in [3.05, 3.63) is 53.1 Å². The predicted octanol–water partition coefficient (Wildman–Crippen LogP) is 4.82. The van der Waals surface area contributed by atoms with Crippen LogP contribution < -0.4 is 15.0 Å². The van der Waals surface area contributed by atoms with Gasteiger partial charge in [0.1, 0.15) is 5.75 Å². The molecule has 0 aliphatic rings. The highest BCUT2D eigenvalue weighted by Crippen LogP contribution is 2.27. The second kappa shape index (κ2) is 9.42. The number of benzene rings is 2. The zero-order chi connectivity index (χ0) is 20.0. The molecule has 0 radical (unpaired) electrons. The maximum atomic E-state index is 12.4. The number of hydrogen-bond acceptors (Lipinski definition) is 3. The lowest BCUT2D eigenvalue weighted by Gasteiger charge is -2.23. The van der Waals surface area contributed by atoms with Gasteiger partial charge >= 0.3 is 0 Å². The first-order chi connectivity index (χ1) is 12.8. The molecule has 2 rings (SSSR count). The number of carbonyl (C=O) groups is 2. The number of anilines is 2. The summed E-state index contributed by atoms with van der Waals surface area (Å²) in [6, 6.07) is 12.7. The normalized spacial score (nSPS) is 10.6. The molecule has 0 saturated heterocycles. The lowest BCUT2D eigenvalue weighted by atomic mass is 10.1. The molecule has 2 amide bonds. The zero-order valence-electron chi connectivity index (χ0n) is 16.1. The Morgan fingerprint density at radius 2 is 1.85 bits per heavy atom. The Balaban J connectivity index is 2.07. The molecule has 0 fully saturated rings. The van der Waals surface area contributed by atoms with E-state index in [1.807, 2.05) is 45.0 Å². The van der Waals surface area contributed by atoms with Crippen LogP contribution >= 0.6 is 11.6 Å². The largest absolute Gasteiger partial charge is 0.489 e. The number of para-hydroxylation sites is 2. The van der Waals surface area contributed by atoms with Gasteiger partial charge in [0.2, 0.25) is 11.8 Å². The highest BCUT2D eigenvalue weighted by atomic mass is 35.5. The minimum absolute atomic E-state index is 0.00191. The average molecular weight is 389 g/mol. The smallest absolute Gasteiger partial charge is 0.226 e. The number of nitrogens with zero attached hydrogens (tertiary/aromatic N) is 1. The first kappa shape index (κ1) is 20.8. The van der Waals surface area contributed by atoms with E-state index >= 15 is 0 Å². The van der Waals surface area contributed by atoms with Gasteiger partial charge in [0.25, 0.3) is 0 Å². The van der Waals surface area contributed by atoms with Crippen molar-refractivity contribution in [1.29, 1.82) is 0 Å². The maximum Gasteiger partial charge on any atom is 0.226 e. The van der Waals surface area contributed by atoms with E-state index in [1.54, 1.807) is 23.1 Å². The minimum atomic E-state index is -0.194. The molecule has 2 aromatic carbocycles. The van der Waals surface area contributed by atoms with E-state index in [9.17, 15) is 9.59 Å². The molecule has 0 aliphatic heterocycles. The molecule has 0 unspecified atom stereocenters. The van der Waals surface area contributed by atoms with Gasteiger partial charge in [0, 0.05) is 30.6 Å². The zero-order valence-corrected chi connectivity index (χ0v) is 16.8. The Bertz CT molecular complexity index is 821. The molecule has 5 nitrogen and oxygen atoms in total. The van der Waals surface area contributed by atoms with Crippen molar-refractivity contribution in [2.75, 3.05) is 16.8 Å². The Morgan fingerprint density at radius 1 is 1.15 bits per heavy atom. The number of hydrogen-bond donors (Lipinski definition) is 1. The van der Waals surface area contributed by atoms with Crippen LogP contribution in [-0.2, 0) is 9.59 Å². The van der Waals surface area contributed by atoms with Crippen molar-refractivity contribution >= 4 is 34.8 Å². The molecule has 27 heavy (non-hydrogen) atoms. The number of amides is 2. The summed E-state index contributed by atoms with van der Waals surface area (Å²) in [7, 11) is 0. The summed E-state index contributed by atoms with van der Waals surface area (Å²) in [6.07, 6.45) is 0.156. The minimum Gasteiger partial charge on any atom is -0.489 e. The Labute approximate surface area is 165 Å². The van der Waals surface area contributed by atoms with Gasteiger partial charge in [0.15, 0.2) is 0 Å². The average Bonchev–Trinajstić information content (AvgIpc) is 2.59. The fraction of sp³-hybridized carbons (Fsp3) is 0.333. The van der Waals surface area contributed by atoms with Crippen LogP contribution in [0.5, 0.6) is 5.75 Å². The van der Waals surface area contributed by atoms with E-state index < -0.39 is 0 Å². The van der Waals surface area contributed by atoms with Crippen LogP contribution in [0.15, 0.2) is 42.5 Å². The molecule has 0 heterocycles. The fourth-order valence-electron chi connectivity index (χ4n) is 2.69. The van der Waals surface area contributed by atoms with Crippen LogP contribution in [0.2, 0.25) is 5.02 Å². The number of rotatable bonds is 7. The van der Waals surface area contributed by atoms with Crippen molar-refractivity contribution in [2.45, 2.75) is 40.2 Å². The number of ether oxygens (including phenoxy) is 1. The first-order valence-electron chi connectivity index (χ1n) is 8.88. The van der Waals surface area contributed by atoms with E-state index in [1.165, 1.54) is 6.92 Å². The van der Waals surface area contributed by atoms with Gasteiger partial charge in [-0.05, 0) is 50.6 Å². The van der Waals surface area contributed by atoms with Crippen molar-refractivity contribution in [3.63, 3.8) is 0 Å². The molecule has 0 atom stereocenters. The molecule has 0 spiro atoms. The predicted molar refractivity (Wildman–Crippen MR) is 110 cm³/mol. The molecule has 0 aromatic heterocycles. The third-order valence-corrected chi connectivity index (χ3v) is 4.41. The Kier molecular flexibility index (Phi) is 7.25. The molecule has 144 valence electrons. The van der Waals surface area contributed by atoms with Crippen LogP contribution in [0.3, 0.4) is 0 Å². The van der Waals surface area contributed by atoms with Crippen molar-refractivity contribution < 1.29 is 14.3 Å². The van der Waals surface area contributed by atoms with Crippen molar-refractivity contribution in [3.8, 4) is 5.75 Å². The summed E-state index contributed by atoms with van der Waals surface area (Å²) >= 11 is 6.16. The summed E-state index contributed by atoms with van der Waals surface area (Å²) in [5, 5.41) is 3.45. The van der Waals surface area contributed by atoms with Gasteiger partial charge in [-0.1, -0.05) is 29.8 Å². The molecule has 0 bridgehead atoms. The highest BCUT2D eigenvalue weighted by Gasteiger charge is 2.17. The summed E-state index contributed by atoms with van der Waals surface area (Å²) in [4.78, 5) is 26.1. The maximum absolute atomic E-state index is 12.4. The van der Waals surface area contributed by atoms with Crippen LogP contribution in [0, 0.1) is 6.92 Å². The monoisotopic (exact) mass is 388 g/mol. The van der Waals surface area contributed by atoms with Crippen LogP contribution in [-0.4, -0.2) is 24.5 Å². The topological polar surface area (TPSA) is 58.6 Å². The third-order valence-electron chi connectivity index (χ3n) is 4.00. The van der Waals surface area contributed by atoms with E-state index in [-0.39, 0.29) is 30.9 Å². The highest BCUT2D eigenvalue weighted by molar-refractivity contribution is 6.31. The summed E-state index contributed by atoms with van der Waals surface area (Å²) in [6.45, 7) is 7.44. The molecule has 6 heteroatoms. The lowest BCUT2D eigenvalue weighted by molar-refractivity contribution is -0.117. The fourth-order valence-corrected chi connectivity index (χ4v) is 2.86. The summed E-state index contributed by atoms with van der Waals surface area (Å²) in [5.41, 5.74) is 2.14. The molecular formula is C21H25ClN2O3. The van der Waals surface area contributed by atoms with E-state index in [4.69, 9.17) is 16.3 Å². The van der Waals surface area contributed by atoms with Gasteiger partial charge < -0.3 is 15.0 Å². The van der Waals surface area contributed by atoms with Gasteiger partial charge in [-0.2, -0.15) is 0 Å². The quantitative estimate of drug-likeness (QED) is 0.739. The van der Waals surface area contributed by atoms with E-state index in [2.05, 4.69) is 5.32 Å². The SMILES string of the molecule is CC(=O)N(CCC(=O)Nc1ccccc1OC(C)C)c1cccc(Cl)c1C. The molecule has 1 N–H and O–H groups in total. The summed E-state index contributed by atoms with van der Waals surface area (Å²) in [5.74, 6) is 0.285. The second-order valence-electron chi connectivity index (χ2n) is 6.52. The van der Waals surface area contributed by atoms with Gasteiger partial charge in [-0.3, -0.25) is 9.59 Å². The summed E-state index contributed by atoms with van der Waals surface area (Å²) < 4.78 is 5.71. The molecular weight excluding hydrogens is 364 g/mol. The van der Waals surface area contributed by atoms with Crippen molar-refractivity contribution in [2.24, 2.45) is 0 Å². The van der Waals surface area contributed by atoms with Crippen LogP contribution in [0.25, 0.3) is 0 Å². The first-order valence-corrected chi connectivity index (χ1v) is 9.26. The van der Waals surface area contributed by atoms with E-state index in [0.717, 1.165) is 5.56 Å². The number of carbonyl (C=O) groups excluding carboxylic acids is 2.